The number of nitrogens with zero attached hydrogens (tertiary/aromatic N) is 3. The Kier molecular flexibility index (Phi) is 4.18. The first-order chi connectivity index (χ1) is 14.4. The highest BCUT2D eigenvalue weighted by Crippen LogP contribution is 2.45. The van der Waals surface area contributed by atoms with Gasteiger partial charge in [-0.1, -0.05) is 6.07 Å². The molecule has 3 heterocycles. The van der Waals surface area contributed by atoms with Crippen LogP contribution < -0.4 is 15.1 Å². The fraction of sp³-hybridized carbons (Fsp3) is 0.304. The molecular formula is C23H23FN4O2. The summed E-state index contributed by atoms with van der Waals surface area (Å²) in [6, 6.07) is 6.08. The number of benzene rings is 2. The molecule has 0 bridgehead atoms. The lowest BCUT2D eigenvalue weighted by molar-refractivity contribution is -0.120. The van der Waals surface area contributed by atoms with Crippen molar-refractivity contribution in [1.82, 2.24) is 10.3 Å². The Labute approximate surface area is 173 Å². The van der Waals surface area contributed by atoms with Gasteiger partial charge in [0.2, 0.25) is 0 Å². The highest BCUT2D eigenvalue weighted by Gasteiger charge is 2.39. The molecule has 2 aliphatic heterocycles. The summed E-state index contributed by atoms with van der Waals surface area (Å²) in [6.45, 7) is 5.95. The molecule has 7 heteroatoms. The number of carbonyl (C=O) groups excluding carboxylic acids is 1. The summed E-state index contributed by atoms with van der Waals surface area (Å²) in [5, 5.41) is 14.6. The van der Waals surface area contributed by atoms with Crippen molar-refractivity contribution in [3.8, 4) is 16.9 Å². The molecule has 6 nitrogen and oxygen atoms in total. The highest BCUT2D eigenvalue weighted by atomic mass is 19.1. The maximum Gasteiger partial charge on any atom is 0.250 e. The van der Waals surface area contributed by atoms with Gasteiger partial charge < -0.3 is 20.2 Å². The van der Waals surface area contributed by atoms with Gasteiger partial charge in [0.1, 0.15) is 17.6 Å². The van der Waals surface area contributed by atoms with E-state index in [9.17, 15) is 14.3 Å². The molecule has 2 aromatic carbocycles. The van der Waals surface area contributed by atoms with Gasteiger partial charge in [-0.05, 0) is 48.7 Å². The molecule has 0 aliphatic carbocycles. The molecule has 0 saturated carbocycles. The van der Waals surface area contributed by atoms with E-state index in [1.165, 1.54) is 18.2 Å². The zero-order chi connectivity index (χ0) is 21.2. The third-order valence-electron chi connectivity index (χ3n) is 6.30. The molecule has 2 N–H and O–H groups in total. The van der Waals surface area contributed by atoms with Crippen LogP contribution in [0.15, 0.2) is 30.5 Å². The SMILES string of the molecule is Cc1cc2c3c(cnc2c(C)c1-c1c(O)cccc1F)N(C)C(=O)[C@H]1CNCCN31. The van der Waals surface area contributed by atoms with Crippen LogP contribution in [-0.2, 0) is 4.79 Å². The third-order valence-corrected chi connectivity index (χ3v) is 6.30. The normalized spacial score (nSPS) is 18.5. The number of anilines is 2. The van der Waals surface area contributed by atoms with Crippen molar-refractivity contribution in [1.29, 1.82) is 0 Å². The van der Waals surface area contributed by atoms with E-state index >= 15 is 0 Å². The minimum absolute atomic E-state index is 0.0530. The number of carbonyl (C=O) groups is 1. The van der Waals surface area contributed by atoms with E-state index in [0.29, 0.717) is 12.1 Å². The monoisotopic (exact) mass is 406 g/mol. The van der Waals surface area contributed by atoms with Crippen LogP contribution in [0.5, 0.6) is 5.75 Å². The number of hydrogen-bond donors (Lipinski definition) is 2. The zero-order valence-corrected chi connectivity index (χ0v) is 17.2. The van der Waals surface area contributed by atoms with Crippen LogP contribution in [0.25, 0.3) is 22.0 Å². The molecule has 2 aliphatic rings. The van der Waals surface area contributed by atoms with Crippen molar-refractivity contribution in [3.05, 3.63) is 47.4 Å². The van der Waals surface area contributed by atoms with Gasteiger partial charge in [-0.3, -0.25) is 9.78 Å². The van der Waals surface area contributed by atoms with E-state index in [-0.39, 0.29) is 23.3 Å². The average Bonchev–Trinajstić information content (AvgIpc) is 2.73. The number of fused-ring (bicyclic) bond motifs is 5. The Hall–Kier alpha value is -3.19. The second kappa shape index (κ2) is 6.67. The Morgan fingerprint density at radius 2 is 2.07 bits per heavy atom. The second-order valence-electron chi connectivity index (χ2n) is 8.03. The standard InChI is InChI=1S/C23H23FN4O2/c1-12-9-14-21(13(2)19(12)20-15(24)5-4-6-18(20)29)26-11-16-22(14)28-8-7-25-10-17(28)23(30)27(16)3/h4-6,9,11,17,25,29H,7-8,10H2,1-3H3/t17-/m1/s1. The molecule has 1 fully saturated rings. The van der Waals surface area contributed by atoms with E-state index in [4.69, 9.17) is 0 Å². The Morgan fingerprint density at radius 1 is 1.27 bits per heavy atom. The van der Waals surface area contributed by atoms with Crippen molar-refractivity contribution in [3.63, 3.8) is 0 Å². The molecule has 0 unspecified atom stereocenters. The van der Waals surface area contributed by atoms with Crippen molar-refractivity contribution in [2.24, 2.45) is 0 Å². The Morgan fingerprint density at radius 3 is 2.83 bits per heavy atom. The van der Waals surface area contributed by atoms with Crippen molar-refractivity contribution in [2.75, 3.05) is 36.5 Å². The number of amides is 1. The molecular weight excluding hydrogens is 383 g/mol. The zero-order valence-electron chi connectivity index (χ0n) is 17.2. The van der Waals surface area contributed by atoms with E-state index in [2.05, 4.69) is 15.2 Å². The van der Waals surface area contributed by atoms with Gasteiger partial charge in [-0.2, -0.15) is 0 Å². The number of aryl methyl sites for hydroxylation is 2. The molecule has 5 rings (SSSR count). The van der Waals surface area contributed by atoms with E-state index in [0.717, 1.165) is 46.5 Å². The smallest absolute Gasteiger partial charge is 0.250 e. The fourth-order valence-corrected chi connectivity index (χ4v) is 4.87. The first-order valence-corrected chi connectivity index (χ1v) is 10.1. The number of piperazine rings is 1. The Bertz CT molecular complexity index is 1190. The van der Waals surface area contributed by atoms with Gasteiger partial charge in [0, 0.05) is 32.1 Å². The third kappa shape index (κ3) is 2.51. The number of halogens is 1. The second-order valence-corrected chi connectivity index (χ2v) is 8.03. The van der Waals surface area contributed by atoms with Crippen LogP contribution in [0.3, 0.4) is 0 Å². The molecule has 1 amide bonds. The van der Waals surface area contributed by atoms with E-state index < -0.39 is 5.82 Å². The van der Waals surface area contributed by atoms with Crippen LogP contribution >= 0.6 is 0 Å². The van der Waals surface area contributed by atoms with Crippen molar-refractivity contribution >= 4 is 28.2 Å². The maximum absolute atomic E-state index is 14.6. The lowest BCUT2D eigenvalue weighted by atomic mass is 9.90. The first kappa shape index (κ1) is 18.8. The summed E-state index contributed by atoms with van der Waals surface area (Å²) < 4.78 is 14.6. The molecule has 0 spiro atoms. The van der Waals surface area contributed by atoms with Gasteiger partial charge >= 0.3 is 0 Å². The molecule has 3 aromatic rings. The van der Waals surface area contributed by atoms with E-state index in [1.54, 1.807) is 18.1 Å². The fourth-order valence-electron chi connectivity index (χ4n) is 4.87. The first-order valence-electron chi connectivity index (χ1n) is 10.1. The van der Waals surface area contributed by atoms with Crippen LogP contribution in [0.2, 0.25) is 0 Å². The molecule has 154 valence electrons. The predicted octanol–water partition coefficient (Wildman–Crippen LogP) is 3.12. The maximum atomic E-state index is 14.6. The number of likely N-dealkylation sites (N-methyl/N-ethyl adjacent to an activating group) is 1. The van der Waals surface area contributed by atoms with Gasteiger partial charge in [0.05, 0.1) is 28.7 Å². The number of rotatable bonds is 1. The highest BCUT2D eigenvalue weighted by molar-refractivity contribution is 6.12. The predicted molar refractivity (Wildman–Crippen MR) is 116 cm³/mol. The number of aromatic hydroxyl groups is 1. The van der Waals surface area contributed by atoms with Crippen LogP contribution in [-0.4, -0.2) is 48.7 Å². The van der Waals surface area contributed by atoms with Crippen molar-refractivity contribution < 1.29 is 14.3 Å². The van der Waals surface area contributed by atoms with Gasteiger partial charge in [-0.15, -0.1) is 0 Å². The molecule has 0 radical (unpaired) electrons. The molecule has 1 atom stereocenters. The summed E-state index contributed by atoms with van der Waals surface area (Å²) in [4.78, 5) is 21.4. The number of phenolic OH excluding ortho intramolecular Hbond substituents is 1. The number of nitrogens with one attached hydrogen (secondary N) is 1. The summed E-state index contributed by atoms with van der Waals surface area (Å²) in [7, 11) is 1.78. The van der Waals surface area contributed by atoms with Gasteiger partial charge in [-0.25, -0.2) is 4.39 Å². The summed E-state index contributed by atoms with van der Waals surface area (Å²) in [5.41, 5.74) is 5.03. The van der Waals surface area contributed by atoms with Gasteiger partial charge in [0.25, 0.3) is 5.91 Å². The number of aromatic nitrogens is 1. The number of phenols is 1. The summed E-state index contributed by atoms with van der Waals surface area (Å²) in [5.74, 6) is -0.505. The van der Waals surface area contributed by atoms with Gasteiger partial charge in [0.15, 0.2) is 0 Å². The topological polar surface area (TPSA) is 68.7 Å². The van der Waals surface area contributed by atoms with Crippen molar-refractivity contribution in [2.45, 2.75) is 19.9 Å². The molecule has 30 heavy (non-hydrogen) atoms. The van der Waals surface area contributed by atoms with Crippen LogP contribution in [0.1, 0.15) is 11.1 Å². The largest absolute Gasteiger partial charge is 0.507 e. The quantitative estimate of drug-likeness (QED) is 0.650. The lowest BCUT2D eigenvalue weighted by Crippen LogP contribution is -2.61. The van der Waals surface area contributed by atoms with E-state index in [1.807, 2.05) is 19.9 Å². The molecule has 1 aromatic heterocycles. The molecule has 1 saturated heterocycles. The minimum atomic E-state index is -0.467. The average molecular weight is 406 g/mol. The minimum Gasteiger partial charge on any atom is -0.507 e. The Balaban J connectivity index is 1.82. The number of pyridine rings is 1. The summed E-state index contributed by atoms with van der Waals surface area (Å²) in [6.07, 6.45) is 1.72. The van der Waals surface area contributed by atoms with Crippen LogP contribution in [0.4, 0.5) is 15.8 Å². The summed E-state index contributed by atoms with van der Waals surface area (Å²) >= 11 is 0. The number of hydrogen-bond acceptors (Lipinski definition) is 5. The lowest BCUT2D eigenvalue weighted by Gasteiger charge is -2.44. The van der Waals surface area contributed by atoms with Crippen LogP contribution in [0, 0.1) is 19.7 Å².